The first-order valence-electron chi connectivity index (χ1n) is 7.35. The van der Waals surface area contributed by atoms with Crippen LogP contribution in [0.25, 0.3) is 11.0 Å². The SMILES string of the molecule is CN(C1CCCN(c2cnc3ccccc3n2)C1)S(C)(=O)=O. The third kappa shape index (κ3) is 3.05. The molecule has 1 saturated heterocycles. The molecule has 0 N–H and O–H groups in total. The van der Waals surface area contributed by atoms with Gasteiger partial charge in [-0.3, -0.25) is 4.98 Å². The quantitative estimate of drug-likeness (QED) is 0.857. The van der Waals surface area contributed by atoms with E-state index in [1.807, 2.05) is 24.3 Å². The van der Waals surface area contributed by atoms with Crippen LogP contribution in [0, 0.1) is 0 Å². The van der Waals surface area contributed by atoms with Crippen LogP contribution in [0.5, 0.6) is 0 Å². The lowest BCUT2D eigenvalue weighted by atomic mass is 10.1. The van der Waals surface area contributed by atoms with Crippen LogP contribution in [-0.2, 0) is 10.0 Å². The Balaban J connectivity index is 1.84. The van der Waals surface area contributed by atoms with Gasteiger partial charge in [0.1, 0.15) is 5.82 Å². The van der Waals surface area contributed by atoms with Crippen LogP contribution in [-0.4, -0.2) is 55.1 Å². The average Bonchev–Trinajstić information content (AvgIpc) is 2.53. The lowest BCUT2D eigenvalue weighted by Crippen LogP contribution is -2.48. The summed E-state index contributed by atoms with van der Waals surface area (Å²) in [6.07, 6.45) is 4.84. The van der Waals surface area contributed by atoms with Crippen LogP contribution in [0.2, 0.25) is 0 Å². The number of rotatable bonds is 3. The van der Waals surface area contributed by atoms with Crippen molar-refractivity contribution in [3.63, 3.8) is 0 Å². The molecule has 0 amide bonds. The van der Waals surface area contributed by atoms with Crippen molar-refractivity contribution in [3.05, 3.63) is 30.5 Å². The van der Waals surface area contributed by atoms with Crippen LogP contribution in [0.1, 0.15) is 12.8 Å². The van der Waals surface area contributed by atoms with Crippen LogP contribution < -0.4 is 4.90 Å². The monoisotopic (exact) mass is 320 g/mol. The van der Waals surface area contributed by atoms with Crippen molar-refractivity contribution in [2.45, 2.75) is 18.9 Å². The number of nitrogens with zero attached hydrogens (tertiary/aromatic N) is 4. The molecule has 22 heavy (non-hydrogen) atoms. The van der Waals surface area contributed by atoms with Crippen molar-refractivity contribution < 1.29 is 8.42 Å². The molecule has 1 aromatic heterocycles. The third-order valence-electron chi connectivity index (χ3n) is 4.19. The summed E-state index contributed by atoms with van der Waals surface area (Å²) in [5.41, 5.74) is 1.73. The van der Waals surface area contributed by atoms with Crippen LogP contribution >= 0.6 is 0 Å². The number of anilines is 1. The fourth-order valence-corrected chi connectivity index (χ4v) is 3.54. The molecule has 1 atom stereocenters. The molecule has 6 nitrogen and oxygen atoms in total. The smallest absolute Gasteiger partial charge is 0.211 e. The van der Waals surface area contributed by atoms with Gasteiger partial charge in [-0.05, 0) is 25.0 Å². The van der Waals surface area contributed by atoms with Crippen molar-refractivity contribution in [2.24, 2.45) is 0 Å². The molecule has 1 unspecified atom stereocenters. The Morgan fingerprint density at radius 1 is 1.27 bits per heavy atom. The van der Waals surface area contributed by atoms with Gasteiger partial charge in [-0.15, -0.1) is 0 Å². The summed E-state index contributed by atoms with van der Waals surface area (Å²) in [5, 5.41) is 0. The van der Waals surface area contributed by atoms with Crippen LogP contribution in [0.15, 0.2) is 30.5 Å². The molecular weight excluding hydrogens is 300 g/mol. The normalized spacial score (nSPS) is 19.8. The summed E-state index contributed by atoms with van der Waals surface area (Å²) in [5.74, 6) is 0.810. The van der Waals surface area contributed by atoms with E-state index < -0.39 is 10.0 Å². The van der Waals surface area contributed by atoms with Gasteiger partial charge in [0.25, 0.3) is 0 Å². The third-order valence-corrected chi connectivity index (χ3v) is 5.54. The van der Waals surface area contributed by atoms with Gasteiger partial charge in [-0.25, -0.2) is 17.7 Å². The topological polar surface area (TPSA) is 66.4 Å². The lowest BCUT2D eigenvalue weighted by molar-refractivity contribution is 0.321. The van der Waals surface area contributed by atoms with Crippen molar-refractivity contribution in [1.29, 1.82) is 0 Å². The van der Waals surface area contributed by atoms with Gasteiger partial charge in [-0.2, -0.15) is 0 Å². The summed E-state index contributed by atoms with van der Waals surface area (Å²) in [6, 6.07) is 7.74. The largest absolute Gasteiger partial charge is 0.354 e. The van der Waals surface area contributed by atoms with Gasteiger partial charge in [0.05, 0.1) is 23.5 Å². The Morgan fingerprint density at radius 3 is 2.73 bits per heavy atom. The van der Waals surface area contributed by atoms with Crippen molar-refractivity contribution >= 4 is 26.9 Å². The standard InChI is InChI=1S/C15H20N4O2S/c1-18(22(2,20)21)12-6-5-9-19(11-12)15-10-16-13-7-3-4-8-14(13)17-15/h3-4,7-8,10,12H,5-6,9,11H2,1-2H3. The number of fused-ring (bicyclic) bond motifs is 1. The number of aromatic nitrogens is 2. The Hall–Kier alpha value is -1.73. The Kier molecular flexibility index (Phi) is 4.01. The Labute approximate surface area is 130 Å². The summed E-state index contributed by atoms with van der Waals surface area (Å²) in [7, 11) is -1.52. The molecule has 0 bridgehead atoms. The summed E-state index contributed by atoms with van der Waals surface area (Å²) in [6.45, 7) is 1.53. The average molecular weight is 320 g/mol. The van der Waals surface area contributed by atoms with E-state index >= 15 is 0 Å². The minimum absolute atomic E-state index is 0.0166. The highest BCUT2D eigenvalue weighted by atomic mass is 32.2. The van der Waals surface area contributed by atoms with E-state index in [4.69, 9.17) is 0 Å². The van der Waals surface area contributed by atoms with Crippen molar-refractivity contribution in [2.75, 3.05) is 31.3 Å². The van der Waals surface area contributed by atoms with Crippen LogP contribution in [0.4, 0.5) is 5.82 Å². The minimum Gasteiger partial charge on any atom is -0.354 e. The highest BCUT2D eigenvalue weighted by Gasteiger charge is 2.28. The highest BCUT2D eigenvalue weighted by molar-refractivity contribution is 7.88. The first-order valence-corrected chi connectivity index (χ1v) is 9.20. The number of benzene rings is 1. The van der Waals surface area contributed by atoms with Gasteiger partial charge in [-0.1, -0.05) is 12.1 Å². The molecular formula is C15H20N4O2S. The zero-order valence-electron chi connectivity index (χ0n) is 12.8. The van der Waals surface area contributed by atoms with Crippen LogP contribution in [0.3, 0.4) is 0 Å². The molecule has 118 valence electrons. The van der Waals surface area contributed by atoms with Crippen molar-refractivity contribution in [1.82, 2.24) is 14.3 Å². The molecule has 1 aliphatic heterocycles. The number of hydrogen-bond acceptors (Lipinski definition) is 5. The molecule has 0 saturated carbocycles. The summed E-state index contributed by atoms with van der Waals surface area (Å²) >= 11 is 0. The van der Waals surface area contributed by atoms with Gasteiger partial charge < -0.3 is 4.90 Å². The highest BCUT2D eigenvalue weighted by Crippen LogP contribution is 2.22. The van der Waals surface area contributed by atoms with E-state index in [2.05, 4.69) is 14.9 Å². The maximum absolute atomic E-state index is 11.7. The fourth-order valence-electron chi connectivity index (χ4n) is 2.83. The summed E-state index contributed by atoms with van der Waals surface area (Å²) < 4.78 is 24.9. The van der Waals surface area contributed by atoms with E-state index in [9.17, 15) is 8.42 Å². The van der Waals surface area contributed by atoms with Crippen molar-refractivity contribution in [3.8, 4) is 0 Å². The lowest BCUT2D eigenvalue weighted by Gasteiger charge is -2.37. The maximum atomic E-state index is 11.7. The number of sulfonamides is 1. The summed E-state index contributed by atoms with van der Waals surface area (Å²) in [4.78, 5) is 11.2. The van der Waals surface area contributed by atoms with Gasteiger partial charge in [0.15, 0.2) is 0 Å². The molecule has 0 spiro atoms. The van der Waals surface area contributed by atoms with E-state index in [-0.39, 0.29) is 6.04 Å². The molecule has 2 aromatic rings. The van der Waals surface area contributed by atoms with Gasteiger partial charge >= 0.3 is 0 Å². The number of para-hydroxylation sites is 2. The zero-order chi connectivity index (χ0) is 15.7. The molecule has 1 fully saturated rings. The molecule has 7 heteroatoms. The Bertz CT molecular complexity index is 778. The maximum Gasteiger partial charge on any atom is 0.211 e. The molecule has 0 aliphatic carbocycles. The predicted octanol–water partition coefficient (Wildman–Crippen LogP) is 1.49. The fraction of sp³-hybridized carbons (Fsp3) is 0.467. The molecule has 1 aliphatic rings. The van der Waals surface area contributed by atoms with Gasteiger partial charge in [0.2, 0.25) is 10.0 Å². The molecule has 2 heterocycles. The predicted molar refractivity (Wildman–Crippen MR) is 87.4 cm³/mol. The molecule has 1 aromatic carbocycles. The number of piperidine rings is 1. The number of hydrogen-bond donors (Lipinski definition) is 0. The second kappa shape index (κ2) is 5.81. The number of likely N-dealkylation sites (N-methyl/N-ethyl adjacent to an activating group) is 1. The van der Waals surface area contributed by atoms with E-state index in [1.165, 1.54) is 10.6 Å². The van der Waals surface area contributed by atoms with E-state index in [1.54, 1.807) is 13.2 Å². The van der Waals surface area contributed by atoms with E-state index in [0.29, 0.717) is 6.54 Å². The zero-order valence-corrected chi connectivity index (χ0v) is 13.6. The second-order valence-corrected chi connectivity index (χ2v) is 7.78. The minimum atomic E-state index is -3.17. The van der Waals surface area contributed by atoms with E-state index in [0.717, 1.165) is 36.2 Å². The second-order valence-electron chi connectivity index (χ2n) is 5.74. The van der Waals surface area contributed by atoms with Gasteiger partial charge in [0, 0.05) is 26.2 Å². The molecule has 0 radical (unpaired) electrons. The first kappa shape index (κ1) is 15.2. The Morgan fingerprint density at radius 2 is 2.00 bits per heavy atom. The first-order chi connectivity index (χ1) is 10.4. The molecule has 3 rings (SSSR count).